The van der Waals surface area contributed by atoms with E-state index in [0.29, 0.717) is 0 Å². The quantitative estimate of drug-likeness (QED) is 0.514. The number of carbonyl (C=O) groups is 1. The Hall–Kier alpha value is -1.38. The van der Waals surface area contributed by atoms with Crippen LogP contribution in [0, 0.1) is 11.7 Å². The summed E-state index contributed by atoms with van der Waals surface area (Å²) >= 11 is 0. The third kappa shape index (κ3) is 2.05. The molecule has 68 valence electrons. The molecule has 2 rings (SSSR count). The first kappa shape index (κ1) is 8.23. The van der Waals surface area contributed by atoms with Gasteiger partial charge < -0.3 is 4.74 Å². The molecule has 2 nitrogen and oxygen atoms in total. The number of esters is 1. The highest BCUT2D eigenvalue weighted by molar-refractivity contribution is 5.77. The van der Waals surface area contributed by atoms with Gasteiger partial charge in [-0.2, -0.15) is 0 Å². The largest absolute Gasteiger partial charge is 0.426 e. The summed E-state index contributed by atoms with van der Waals surface area (Å²) in [6.45, 7) is 0. The third-order valence-electron chi connectivity index (χ3n) is 1.93. The average Bonchev–Trinajstić information content (AvgIpc) is 2.85. The lowest BCUT2D eigenvalue weighted by atomic mass is 10.3. The monoisotopic (exact) mass is 180 g/mol. The first-order chi connectivity index (χ1) is 6.25. The van der Waals surface area contributed by atoms with E-state index in [-0.39, 0.29) is 23.5 Å². The van der Waals surface area contributed by atoms with Crippen molar-refractivity contribution in [1.29, 1.82) is 0 Å². The summed E-state index contributed by atoms with van der Waals surface area (Å²) in [4.78, 5) is 11.1. The molecule has 0 spiro atoms. The smallest absolute Gasteiger partial charge is 0.314 e. The molecule has 1 fully saturated rings. The first-order valence-corrected chi connectivity index (χ1v) is 4.23. The van der Waals surface area contributed by atoms with Gasteiger partial charge in [-0.15, -0.1) is 0 Å². The molecule has 0 bridgehead atoms. The van der Waals surface area contributed by atoms with E-state index < -0.39 is 0 Å². The van der Waals surface area contributed by atoms with Crippen molar-refractivity contribution in [3.8, 4) is 5.75 Å². The normalized spacial score (nSPS) is 15.5. The molecule has 1 saturated carbocycles. The fourth-order valence-corrected chi connectivity index (χ4v) is 1.05. The van der Waals surface area contributed by atoms with Gasteiger partial charge in [-0.05, 0) is 25.0 Å². The fourth-order valence-electron chi connectivity index (χ4n) is 1.05. The summed E-state index contributed by atoms with van der Waals surface area (Å²) < 4.78 is 17.6. The van der Waals surface area contributed by atoms with Crippen LogP contribution < -0.4 is 4.74 Å². The van der Waals surface area contributed by atoms with E-state index in [2.05, 4.69) is 0 Å². The zero-order valence-corrected chi connectivity index (χ0v) is 7.00. The van der Waals surface area contributed by atoms with Gasteiger partial charge >= 0.3 is 5.97 Å². The molecular formula is C10H9FO2. The molecular weight excluding hydrogens is 171 g/mol. The first-order valence-electron chi connectivity index (χ1n) is 4.23. The number of hydrogen-bond donors (Lipinski definition) is 0. The molecule has 1 aromatic rings. The maximum absolute atomic E-state index is 12.6. The van der Waals surface area contributed by atoms with E-state index in [0.717, 1.165) is 12.8 Å². The van der Waals surface area contributed by atoms with Crippen molar-refractivity contribution >= 4 is 5.97 Å². The van der Waals surface area contributed by atoms with Gasteiger partial charge in [0.2, 0.25) is 0 Å². The van der Waals surface area contributed by atoms with E-state index in [1.54, 1.807) is 6.07 Å². The molecule has 3 heteroatoms. The summed E-state index contributed by atoms with van der Waals surface area (Å²) in [5.74, 6) is -0.299. The molecule has 0 heterocycles. The standard InChI is InChI=1S/C10H9FO2/c11-8-2-1-3-9(6-8)13-10(12)7-4-5-7/h1-3,6-7H,4-5H2. The van der Waals surface area contributed by atoms with Crippen molar-refractivity contribution in [2.75, 3.05) is 0 Å². The average molecular weight is 180 g/mol. The highest BCUT2D eigenvalue weighted by atomic mass is 19.1. The molecule has 0 aliphatic heterocycles. The van der Waals surface area contributed by atoms with E-state index in [4.69, 9.17) is 4.74 Å². The second-order valence-electron chi connectivity index (χ2n) is 3.15. The predicted octanol–water partition coefficient (Wildman–Crippen LogP) is 2.14. The molecule has 1 aromatic carbocycles. The number of rotatable bonds is 2. The van der Waals surface area contributed by atoms with E-state index in [1.165, 1.54) is 18.2 Å². The zero-order chi connectivity index (χ0) is 9.26. The van der Waals surface area contributed by atoms with Crippen LogP contribution in [-0.2, 0) is 4.79 Å². The molecule has 1 aliphatic rings. The minimum Gasteiger partial charge on any atom is -0.426 e. The van der Waals surface area contributed by atoms with Crippen LogP contribution in [-0.4, -0.2) is 5.97 Å². The lowest BCUT2D eigenvalue weighted by Crippen LogP contribution is -2.09. The highest BCUT2D eigenvalue weighted by Gasteiger charge is 2.31. The van der Waals surface area contributed by atoms with Crippen LogP contribution in [0.25, 0.3) is 0 Å². The van der Waals surface area contributed by atoms with Gasteiger partial charge in [-0.3, -0.25) is 4.79 Å². The van der Waals surface area contributed by atoms with Crippen LogP contribution in [0.2, 0.25) is 0 Å². The molecule has 13 heavy (non-hydrogen) atoms. The summed E-state index contributed by atoms with van der Waals surface area (Å²) in [7, 11) is 0. The van der Waals surface area contributed by atoms with Gasteiger partial charge in [-0.25, -0.2) is 4.39 Å². The number of ether oxygens (including phenoxy) is 1. The fraction of sp³-hybridized carbons (Fsp3) is 0.300. The lowest BCUT2D eigenvalue weighted by molar-refractivity contribution is -0.135. The van der Waals surface area contributed by atoms with Crippen LogP contribution in [0.5, 0.6) is 5.75 Å². The Labute approximate surface area is 75.3 Å². The van der Waals surface area contributed by atoms with E-state index >= 15 is 0 Å². The summed E-state index contributed by atoms with van der Waals surface area (Å²) in [5.41, 5.74) is 0. The van der Waals surface area contributed by atoms with Crippen LogP contribution in [0.4, 0.5) is 4.39 Å². The van der Waals surface area contributed by atoms with Crippen molar-refractivity contribution in [1.82, 2.24) is 0 Å². The van der Waals surface area contributed by atoms with Gasteiger partial charge in [0.15, 0.2) is 0 Å². The zero-order valence-electron chi connectivity index (χ0n) is 7.00. The van der Waals surface area contributed by atoms with Gasteiger partial charge in [0, 0.05) is 6.07 Å². The number of carbonyl (C=O) groups excluding carboxylic acids is 1. The molecule has 0 atom stereocenters. The molecule has 0 N–H and O–H groups in total. The van der Waals surface area contributed by atoms with Crippen LogP contribution in [0.1, 0.15) is 12.8 Å². The van der Waals surface area contributed by atoms with Crippen LogP contribution >= 0.6 is 0 Å². The van der Waals surface area contributed by atoms with Gasteiger partial charge in [0.05, 0.1) is 5.92 Å². The Morgan fingerprint density at radius 3 is 2.85 bits per heavy atom. The Bertz CT molecular complexity index is 331. The minimum absolute atomic E-state index is 0.0447. The van der Waals surface area contributed by atoms with Crippen molar-refractivity contribution < 1.29 is 13.9 Å². The molecule has 1 aliphatic carbocycles. The van der Waals surface area contributed by atoms with Crippen molar-refractivity contribution in [3.63, 3.8) is 0 Å². The molecule has 0 saturated heterocycles. The third-order valence-corrected chi connectivity index (χ3v) is 1.93. The van der Waals surface area contributed by atoms with E-state index in [9.17, 15) is 9.18 Å². The topological polar surface area (TPSA) is 26.3 Å². The SMILES string of the molecule is O=C(Oc1cccc(F)c1)C1CC1. The lowest BCUT2D eigenvalue weighted by Gasteiger charge is -2.01. The summed E-state index contributed by atoms with van der Waals surface area (Å²) in [6.07, 6.45) is 1.79. The molecule has 0 unspecified atom stereocenters. The van der Waals surface area contributed by atoms with Crippen molar-refractivity contribution in [3.05, 3.63) is 30.1 Å². The molecule has 0 aromatic heterocycles. The van der Waals surface area contributed by atoms with Crippen molar-refractivity contribution in [2.45, 2.75) is 12.8 Å². The maximum Gasteiger partial charge on any atom is 0.314 e. The number of hydrogen-bond acceptors (Lipinski definition) is 2. The molecule has 0 amide bonds. The highest BCUT2D eigenvalue weighted by Crippen LogP contribution is 2.30. The summed E-state index contributed by atoms with van der Waals surface area (Å²) in [6, 6.07) is 5.61. The van der Waals surface area contributed by atoms with Gasteiger partial charge in [-0.1, -0.05) is 6.07 Å². The number of benzene rings is 1. The Balaban J connectivity index is 2.04. The van der Waals surface area contributed by atoms with Crippen LogP contribution in [0.15, 0.2) is 24.3 Å². The predicted molar refractivity (Wildman–Crippen MR) is 44.8 cm³/mol. The number of halogens is 1. The Morgan fingerprint density at radius 2 is 2.23 bits per heavy atom. The molecule has 0 radical (unpaired) electrons. The van der Waals surface area contributed by atoms with Gasteiger partial charge in [0.1, 0.15) is 11.6 Å². The Kier molecular flexibility index (Phi) is 2.00. The van der Waals surface area contributed by atoms with Crippen molar-refractivity contribution in [2.24, 2.45) is 5.92 Å². The maximum atomic E-state index is 12.6. The second-order valence-corrected chi connectivity index (χ2v) is 3.15. The van der Waals surface area contributed by atoms with Crippen LogP contribution in [0.3, 0.4) is 0 Å². The minimum atomic E-state index is -0.388. The summed E-state index contributed by atoms with van der Waals surface area (Å²) in [5, 5.41) is 0. The Morgan fingerprint density at radius 1 is 1.46 bits per heavy atom. The van der Waals surface area contributed by atoms with E-state index in [1.807, 2.05) is 0 Å². The van der Waals surface area contributed by atoms with Gasteiger partial charge in [0.25, 0.3) is 0 Å². The second kappa shape index (κ2) is 3.17.